The molecular weight excluding hydrogens is 392 g/mol. The van der Waals surface area contributed by atoms with Crippen molar-refractivity contribution >= 4 is 11.8 Å². The first kappa shape index (κ1) is 20.7. The zero-order chi connectivity index (χ0) is 20.8. The van der Waals surface area contributed by atoms with Gasteiger partial charge in [0.25, 0.3) is 0 Å². The van der Waals surface area contributed by atoms with Crippen LogP contribution < -0.4 is 9.47 Å². The quantitative estimate of drug-likeness (QED) is 0.296. The molecule has 0 radical (unpaired) electrons. The largest absolute Gasteiger partial charge is 0.497 e. The lowest BCUT2D eigenvalue weighted by molar-refractivity contribution is -0.479. The number of rotatable bonds is 9. The van der Waals surface area contributed by atoms with Crippen molar-refractivity contribution in [2.24, 2.45) is 0 Å². The number of thioether (sulfide) groups is 1. The Morgan fingerprint density at radius 1 is 1.17 bits per heavy atom. The predicted octanol–water partition coefficient (Wildman–Crippen LogP) is 4.09. The lowest BCUT2D eigenvalue weighted by atomic mass is 10.1. The first-order valence-electron chi connectivity index (χ1n) is 9.10. The molecule has 9 heteroatoms. The lowest BCUT2D eigenvalue weighted by Crippen LogP contribution is -2.12. The highest BCUT2D eigenvalue weighted by atomic mass is 32.2. The van der Waals surface area contributed by atoms with Gasteiger partial charge < -0.3 is 9.47 Å². The molecule has 29 heavy (non-hydrogen) atoms. The summed E-state index contributed by atoms with van der Waals surface area (Å²) in [5.74, 6) is 2.07. The standard InChI is InChI=1S/C20H22N4O4S/c1-4-28-18-8-6-5-7-17(18)19(13-23(25)26)29-20-22-21-14(2)24(20)15-9-11-16(27-3)12-10-15/h5-12,19H,4,13H2,1-3H3/t19-/m1/s1. The molecule has 1 aromatic heterocycles. The number of benzene rings is 2. The second-order valence-corrected chi connectivity index (χ2v) is 7.33. The van der Waals surface area contributed by atoms with E-state index < -0.39 is 5.25 Å². The van der Waals surface area contributed by atoms with Gasteiger partial charge in [-0.1, -0.05) is 30.0 Å². The van der Waals surface area contributed by atoms with Crippen LogP contribution in [0, 0.1) is 17.0 Å². The number of aromatic nitrogens is 3. The smallest absolute Gasteiger partial charge is 0.220 e. The van der Waals surface area contributed by atoms with E-state index in [1.165, 1.54) is 11.8 Å². The van der Waals surface area contributed by atoms with Gasteiger partial charge in [0, 0.05) is 16.2 Å². The van der Waals surface area contributed by atoms with Crippen LogP contribution in [-0.4, -0.2) is 39.9 Å². The van der Waals surface area contributed by atoms with E-state index >= 15 is 0 Å². The van der Waals surface area contributed by atoms with E-state index in [9.17, 15) is 10.1 Å². The first-order valence-corrected chi connectivity index (χ1v) is 9.98. The summed E-state index contributed by atoms with van der Waals surface area (Å²) in [7, 11) is 1.61. The van der Waals surface area contributed by atoms with Crippen LogP contribution in [0.1, 0.15) is 23.6 Å². The molecule has 0 aliphatic rings. The van der Waals surface area contributed by atoms with Crippen LogP contribution in [0.3, 0.4) is 0 Å². The summed E-state index contributed by atoms with van der Waals surface area (Å²) in [6, 6.07) is 14.9. The molecule has 0 saturated heterocycles. The van der Waals surface area contributed by atoms with E-state index in [0.717, 1.165) is 17.0 Å². The summed E-state index contributed by atoms with van der Waals surface area (Å²) in [5.41, 5.74) is 1.62. The van der Waals surface area contributed by atoms with Crippen LogP contribution in [-0.2, 0) is 0 Å². The normalized spacial score (nSPS) is 11.8. The molecule has 1 heterocycles. The Kier molecular flexibility index (Phi) is 6.71. The van der Waals surface area contributed by atoms with Crippen LogP contribution in [0.25, 0.3) is 5.69 Å². The van der Waals surface area contributed by atoms with Crippen molar-refractivity contribution in [1.82, 2.24) is 14.8 Å². The van der Waals surface area contributed by atoms with E-state index in [-0.39, 0.29) is 11.5 Å². The minimum absolute atomic E-state index is 0.261. The average Bonchev–Trinajstić information content (AvgIpc) is 3.08. The highest BCUT2D eigenvalue weighted by molar-refractivity contribution is 7.99. The van der Waals surface area contributed by atoms with Gasteiger partial charge in [0.05, 0.1) is 13.7 Å². The molecule has 0 amide bonds. The lowest BCUT2D eigenvalue weighted by Gasteiger charge is -2.17. The van der Waals surface area contributed by atoms with E-state index in [4.69, 9.17) is 9.47 Å². The Bertz CT molecular complexity index is 975. The van der Waals surface area contributed by atoms with Gasteiger partial charge in [-0.05, 0) is 44.2 Å². The second kappa shape index (κ2) is 9.42. The summed E-state index contributed by atoms with van der Waals surface area (Å²) < 4.78 is 12.8. The van der Waals surface area contributed by atoms with Crippen LogP contribution >= 0.6 is 11.8 Å². The van der Waals surface area contributed by atoms with Gasteiger partial charge in [-0.15, -0.1) is 10.2 Å². The van der Waals surface area contributed by atoms with E-state index in [0.29, 0.717) is 23.3 Å². The summed E-state index contributed by atoms with van der Waals surface area (Å²) in [6.07, 6.45) is 0. The Morgan fingerprint density at radius 2 is 1.90 bits per heavy atom. The molecule has 152 valence electrons. The van der Waals surface area contributed by atoms with Gasteiger partial charge in [0.2, 0.25) is 6.54 Å². The zero-order valence-electron chi connectivity index (χ0n) is 16.4. The number of hydrogen-bond donors (Lipinski definition) is 0. The molecule has 8 nitrogen and oxygen atoms in total. The zero-order valence-corrected chi connectivity index (χ0v) is 17.3. The van der Waals surface area contributed by atoms with Crippen molar-refractivity contribution in [1.29, 1.82) is 0 Å². The van der Waals surface area contributed by atoms with Crippen LogP contribution in [0.2, 0.25) is 0 Å². The van der Waals surface area contributed by atoms with Crippen molar-refractivity contribution in [3.8, 4) is 17.2 Å². The number of methoxy groups -OCH3 is 1. The Hall–Kier alpha value is -3.07. The molecule has 2 aromatic carbocycles. The number of nitrogens with zero attached hydrogens (tertiary/aromatic N) is 4. The molecule has 0 unspecified atom stereocenters. The molecule has 0 aliphatic carbocycles. The minimum Gasteiger partial charge on any atom is -0.497 e. The number of para-hydroxylation sites is 1. The molecule has 1 atom stereocenters. The number of aryl methyl sites for hydroxylation is 1. The maximum atomic E-state index is 11.4. The molecule has 0 spiro atoms. The van der Waals surface area contributed by atoms with Crippen molar-refractivity contribution in [2.45, 2.75) is 24.3 Å². The number of ether oxygens (including phenoxy) is 2. The van der Waals surface area contributed by atoms with Gasteiger partial charge in [0.1, 0.15) is 22.6 Å². The van der Waals surface area contributed by atoms with Crippen molar-refractivity contribution in [3.05, 3.63) is 70.0 Å². The summed E-state index contributed by atoms with van der Waals surface area (Å²) in [5, 5.41) is 19.9. The van der Waals surface area contributed by atoms with Crippen molar-refractivity contribution in [3.63, 3.8) is 0 Å². The van der Waals surface area contributed by atoms with Crippen LogP contribution in [0.4, 0.5) is 0 Å². The molecular formula is C20H22N4O4S. The van der Waals surface area contributed by atoms with E-state index in [2.05, 4.69) is 10.2 Å². The third-order valence-corrected chi connectivity index (χ3v) is 5.42. The number of nitro groups is 1. The van der Waals surface area contributed by atoms with E-state index in [1.807, 2.05) is 66.9 Å². The third kappa shape index (κ3) is 4.86. The van der Waals surface area contributed by atoms with Crippen LogP contribution in [0.5, 0.6) is 11.5 Å². The fourth-order valence-electron chi connectivity index (χ4n) is 2.94. The van der Waals surface area contributed by atoms with E-state index in [1.54, 1.807) is 7.11 Å². The molecule has 3 rings (SSSR count). The van der Waals surface area contributed by atoms with Gasteiger partial charge in [0.15, 0.2) is 5.16 Å². The highest BCUT2D eigenvalue weighted by Crippen LogP contribution is 2.39. The SMILES string of the molecule is CCOc1ccccc1[C@@H](C[N+](=O)[O-])Sc1nnc(C)n1-c1ccc(OC)cc1. The van der Waals surface area contributed by atoms with Gasteiger partial charge in [-0.25, -0.2) is 0 Å². The number of hydrogen-bond acceptors (Lipinski definition) is 7. The molecule has 0 fully saturated rings. The fraction of sp³-hybridized carbons (Fsp3) is 0.300. The molecule has 0 saturated carbocycles. The Morgan fingerprint density at radius 3 is 2.55 bits per heavy atom. The molecule has 3 aromatic rings. The van der Waals surface area contributed by atoms with Gasteiger partial charge >= 0.3 is 0 Å². The second-order valence-electron chi connectivity index (χ2n) is 6.16. The van der Waals surface area contributed by atoms with Gasteiger partial charge in [-0.3, -0.25) is 14.7 Å². The highest BCUT2D eigenvalue weighted by Gasteiger charge is 2.26. The predicted molar refractivity (Wildman–Crippen MR) is 111 cm³/mol. The minimum atomic E-state index is -0.478. The average molecular weight is 414 g/mol. The monoisotopic (exact) mass is 414 g/mol. The molecule has 0 aliphatic heterocycles. The third-order valence-electron chi connectivity index (χ3n) is 4.25. The molecule has 0 N–H and O–H groups in total. The maximum absolute atomic E-state index is 11.4. The Labute approximate surface area is 173 Å². The van der Waals surface area contributed by atoms with Crippen LogP contribution in [0.15, 0.2) is 53.7 Å². The Balaban J connectivity index is 1.98. The first-order chi connectivity index (χ1) is 14.0. The van der Waals surface area contributed by atoms with Gasteiger partial charge in [-0.2, -0.15) is 0 Å². The summed E-state index contributed by atoms with van der Waals surface area (Å²) in [4.78, 5) is 11.0. The fourth-order valence-corrected chi connectivity index (χ4v) is 4.15. The summed E-state index contributed by atoms with van der Waals surface area (Å²) >= 11 is 1.30. The van der Waals surface area contributed by atoms with Crippen molar-refractivity contribution in [2.75, 3.05) is 20.3 Å². The maximum Gasteiger partial charge on any atom is 0.220 e. The molecule has 0 bridgehead atoms. The summed E-state index contributed by atoms with van der Waals surface area (Å²) in [6.45, 7) is 3.95. The topological polar surface area (TPSA) is 92.3 Å². The van der Waals surface area contributed by atoms with Crippen molar-refractivity contribution < 1.29 is 14.4 Å².